The maximum absolute atomic E-state index is 13.2. The Hall–Kier alpha value is -7.44. The molecule has 0 fully saturated rings. The van der Waals surface area contributed by atoms with Crippen LogP contribution in [0.4, 0.5) is 11.4 Å². The summed E-state index contributed by atoms with van der Waals surface area (Å²) < 4.78 is 0. The minimum Gasteiger partial charge on any atom is -0.398 e. The minimum atomic E-state index is -0.177. The van der Waals surface area contributed by atoms with Gasteiger partial charge >= 0.3 is 0 Å². The van der Waals surface area contributed by atoms with E-state index >= 15 is 0 Å². The van der Waals surface area contributed by atoms with Crippen molar-refractivity contribution in [1.29, 1.82) is 0 Å². The van der Waals surface area contributed by atoms with Crippen LogP contribution in [0.3, 0.4) is 0 Å². The summed E-state index contributed by atoms with van der Waals surface area (Å²) in [5, 5.41) is 3.16. The zero-order valence-corrected chi connectivity index (χ0v) is 30.5. The fourth-order valence-electron chi connectivity index (χ4n) is 6.90. The molecule has 0 unspecified atom stereocenters. The first kappa shape index (κ1) is 36.9. The predicted octanol–water partition coefficient (Wildman–Crippen LogP) is 10.2. The van der Waals surface area contributed by atoms with Crippen LogP contribution < -0.4 is 11.5 Å². The van der Waals surface area contributed by atoms with Crippen LogP contribution in [0.5, 0.6) is 0 Å². The van der Waals surface area contributed by atoms with E-state index in [9.17, 15) is 19.2 Å². The SMILES string of the molecule is Nc1c(C(=O)Cc2ccccc2)cc2ccccc2c1C(=O)c1ccccc1.Nc1c(C(=O)Cc2ccccc2)cc2ccccc2c1C(=O)c1ccccc1. The summed E-state index contributed by atoms with van der Waals surface area (Å²) in [6.45, 7) is 0. The number of benzene rings is 8. The molecule has 8 rings (SSSR count). The number of hydrogen-bond donors (Lipinski definition) is 2. The Morgan fingerprint density at radius 2 is 0.679 bits per heavy atom. The number of hydrogen-bond acceptors (Lipinski definition) is 6. The summed E-state index contributed by atoms with van der Waals surface area (Å²) in [6.07, 6.45) is 0.477. The third kappa shape index (κ3) is 7.91. The van der Waals surface area contributed by atoms with Crippen molar-refractivity contribution in [2.45, 2.75) is 12.8 Å². The first-order chi connectivity index (χ1) is 27.3. The fraction of sp³-hybridized carbons (Fsp3) is 0.0400. The van der Waals surface area contributed by atoms with Gasteiger partial charge in [-0.25, -0.2) is 0 Å². The fourth-order valence-corrected chi connectivity index (χ4v) is 6.90. The molecule has 0 aliphatic rings. The summed E-state index contributed by atoms with van der Waals surface area (Å²) >= 11 is 0. The van der Waals surface area contributed by atoms with Crippen LogP contribution in [0.1, 0.15) is 63.7 Å². The Bertz CT molecular complexity index is 2520. The third-order valence-corrected chi connectivity index (χ3v) is 9.72. The van der Waals surface area contributed by atoms with Gasteiger partial charge in [0.2, 0.25) is 0 Å². The van der Waals surface area contributed by atoms with E-state index in [1.807, 2.05) is 146 Å². The highest BCUT2D eigenvalue weighted by Gasteiger charge is 2.23. The Kier molecular flexibility index (Phi) is 11.0. The highest BCUT2D eigenvalue weighted by atomic mass is 16.1. The highest BCUT2D eigenvalue weighted by molar-refractivity contribution is 6.24. The van der Waals surface area contributed by atoms with Gasteiger partial charge in [-0.05, 0) is 44.8 Å². The first-order valence-corrected chi connectivity index (χ1v) is 18.3. The molecular weight excluding hydrogens is 693 g/mol. The van der Waals surface area contributed by atoms with E-state index < -0.39 is 0 Å². The molecule has 0 bridgehead atoms. The maximum Gasteiger partial charge on any atom is 0.195 e. The molecule has 8 aromatic rings. The molecule has 0 radical (unpaired) electrons. The second-order valence-corrected chi connectivity index (χ2v) is 13.4. The zero-order valence-electron chi connectivity index (χ0n) is 30.5. The van der Waals surface area contributed by atoms with E-state index in [2.05, 4.69) is 0 Å². The standard InChI is InChI=1S/2C25H19NO2/c2*26-24-21(22(27)15-17-9-3-1-4-10-17)16-19-13-7-8-14-20(19)23(24)25(28)18-11-5-2-6-12-18/h2*1-14,16H,15,26H2. The summed E-state index contributed by atoms with van der Waals surface area (Å²) in [7, 11) is 0. The number of nitrogen functional groups attached to an aromatic ring is 2. The molecule has 56 heavy (non-hydrogen) atoms. The van der Waals surface area contributed by atoms with E-state index in [1.54, 1.807) is 36.4 Å². The van der Waals surface area contributed by atoms with Crippen LogP contribution in [0.25, 0.3) is 21.5 Å². The number of anilines is 2. The molecule has 6 nitrogen and oxygen atoms in total. The van der Waals surface area contributed by atoms with E-state index in [0.717, 1.165) is 32.7 Å². The van der Waals surface area contributed by atoms with E-state index in [1.165, 1.54) is 0 Å². The van der Waals surface area contributed by atoms with Crippen molar-refractivity contribution in [3.63, 3.8) is 0 Å². The Morgan fingerprint density at radius 3 is 1.04 bits per heavy atom. The van der Waals surface area contributed by atoms with Crippen molar-refractivity contribution in [3.05, 3.63) is 226 Å². The molecule has 0 atom stereocenters. The van der Waals surface area contributed by atoms with Crippen LogP contribution in [0, 0.1) is 0 Å². The van der Waals surface area contributed by atoms with Crippen LogP contribution in [0.15, 0.2) is 182 Å². The van der Waals surface area contributed by atoms with Crippen molar-refractivity contribution in [3.8, 4) is 0 Å². The average molecular weight is 731 g/mol. The third-order valence-electron chi connectivity index (χ3n) is 9.72. The molecule has 6 heteroatoms. The normalized spacial score (nSPS) is 10.7. The van der Waals surface area contributed by atoms with Crippen molar-refractivity contribution in [2.75, 3.05) is 11.5 Å². The largest absolute Gasteiger partial charge is 0.398 e. The van der Waals surface area contributed by atoms with Gasteiger partial charge in [-0.15, -0.1) is 0 Å². The lowest BCUT2D eigenvalue weighted by Gasteiger charge is -2.14. The first-order valence-electron chi connectivity index (χ1n) is 18.3. The monoisotopic (exact) mass is 730 g/mol. The summed E-state index contributed by atoms with van der Waals surface area (Å²) in [5.74, 6) is -0.555. The Morgan fingerprint density at radius 1 is 0.375 bits per heavy atom. The molecular formula is C50H38N2O4. The second kappa shape index (κ2) is 16.7. The van der Waals surface area contributed by atoms with Crippen molar-refractivity contribution in [2.24, 2.45) is 0 Å². The van der Waals surface area contributed by atoms with Gasteiger partial charge in [-0.3, -0.25) is 19.2 Å². The van der Waals surface area contributed by atoms with E-state index in [0.29, 0.717) is 33.4 Å². The molecule has 0 saturated carbocycles. The number of Topliss-reactive ketones (excluding diaryl/α,β-unsaturated/α-hetero) is 2. The van der Waals surface area contributed by atoms with Crippen molar-refractivity contribution >= 4 is 56.1 Å². The summed E-state index contributed by atoms with van der Waals surface area (Å²) in [6, 6.07) is 55.7. The zero-order chi connectivity index (χ0) is 39.0. The molecule has 0 aliphatic heterocycles. The highest BCUT2D eigenvalue weighted by Crippen LogP contribution is 2.33. The van der Waals surface area contributed by atoms with Gasteiger partial charge in [0.15, 0.2) is 23.1 Å². The van der Waals surface area contributed by atoms with Crippen LogP contribution in [0.2, 0.25) is 0 Å². The quantitative estimate of drug-likeness (QED) is 0.107. The van der Waals surface area contributed by atoms with Gasteiger partial charge < -0.3 is 11.5 Å². The van der Waals surface area contributed by atoms with Crippen molar-refractivity contribution in [1.82, 2.24) is 0 Å². The average Bonchev–Trinajstić information content (AvgIpc) is 3.24. The molecule has 0 amide bonds. The van der Waals surface area contributed by atoms with Gasteiger partial charge in [0.05, 0.1) is 22.5 Å². The van der Waals surface area contributed by atoms with E-state index in [-0.39, 0.29) is 47.3 Å². The molecule has 0 aliphatic carbocycles. The molecule has 4 N–H and O–H groups in total. The molecule has 272 valence electrons. The van der Waals surface area contributed by atoms with E-state index in [4.69, 9.17) is 11.5 Å². The predicted molar refractivity (Wildman–Crippen MR) is 225 cm³/mol. The number of carbonyl (C=O) groups is 4. The van der Waals surface area contributed by atoms with Gasteiger partial charge in [0.1, 0.15) is 0 Å². The van der Waals surface area contributed by atoms with Crippen molar-refractivity contribution < 1.29 is 19.2 Å². The summed E-state index contributed by atoms with van der Waals surface area (Å²) in [5.41, 5.74) is 17.8. The lowest BCUT2D eigenvalue weighted by atomic mass is 9.90. The molecule has 0 spiro atoms. The minimum absolute atomic E-state index is 0.100. The summed E-state index contributed by atoms with van der Waals surface area (Å²) in [4.78, 5) is 52.4. The Labute approximate surface area is 325 Å². The van der Waals surface area contributed by atoms with Crippen LogP contribution in [-0.2, 0) is 12.8 Å². The topological polar surface area (TPSA) is 120 Å². The number of nitrogens with two attached hydrogens (primary N) is 2. The molecule has 0 aromatic heterocycles. The number of fused-ring (bicyclic) bond motifs is 2. The molecule has 0 saturated heterocycles. The number of ketones is 4. The molecule has 0 heterocycles. The lowest BCUT2D eigenvalue weighted by Crippen LogP contribution is -2.13. The van der Waals surface area contributed by atoms with Gasteiger partial charge in [0, 0.05) is 35.1 Å². The Balaban J connectivity index is 0.000000172. The lowest BCUT2D eigenvalue weighted by molar-refractivity contribution is 0.0985. The number of carbonyl (C=O) groups excluding carboxylic acids is 4. The van der Waals surface area contributed by atoms with Crippen LogP contribution >= 0.6 is 0 Å². The maximum atomic E-state index is 13.2. The van der Waals surface area contributed by atoms with Crippen LogP contribution in [-0.4, -0.2) is 23.1 Å². The number of rotatable bonds is 10. The second-order valence-electron chi connectivity index (χ2n) is 13.4. The van der Waals surface area contributed by atoms with Gasteiger partial charge in [-0.1, -0.05) is 170 Å². The molecule has 8 aromatic carbocycles. The smallest absolute Gasteiger partial charge is 0.195 e. The van der Waals surface area contributed by atoms with Gasteiger partial charge in [0.25, 0.3) is 0 Å². The van der Waals surface area contributed by atoms with Gasteiger partial charge in [-0.2, -0.15) is 0 Å².